The van der Waals surface area contributed by atoms with Gasteiger partial charge in [-0.25, -0.2) is 9.78 Å². The molecule has 1 aromatic heterocycles. The van der Waals surface area contributed by atoms with Crippen LogP contribution in [0.1, 0.15) is 12.6 Å². The molecule has 0 saturated heterocycles. The van der Waals surface area contributed by atoms with E-state index in [2.05, 4.69) is 15.3 Å². The van der Waals surface area contributed by atoms with Crippen LogP contribution in [0.15, 0.2) is 30.6 Å². The van der Waals surface area contributed by atoms with Gasteiger partial charge >= 0.3 is 5.97 Å². The fraction of sp³-hybridized carbons (Fsp3) is 0.312. The van der Waals surface area contributed by atoms with Crippen LogP contribution in [0.3, 0.4) is 0 Å². The predicted octanol–water partition coefficient (Wildman–Crippen LogP) is 1.31. The summed E-state index contributed by atoms with van der Waals surface area (Å²) in [5, 5.41) is 2.58. The number of amides is 1. The van der Waals surface area contributed by atoms with Gasteiger partial charge in [-0.2, -0.15) is 0 Å². The summed E-state index contributed by atoms with van der Waals surface area (Å²) >= 11 is 0. The molecule has 0 spiro atoms. The molecule has 1 amide bonds. The number of methoxy groups -OCH3 is 2. The molecule has 2 aromatic rings. The Balaban J connectivity index is 2.33. The summed E-state index contributed by atoms with van der Waals surface area (Å²) in [5.74, 6) is -0.144. The number of nitrogens with one attached hydrogen (secondary N) is 2. The fourth-order valence-electron chi connectivity index (χ4n) is 2.33. The predicted molar refractivity (Wildman–Crippen MR) is 83.9 cm³/mol. The number of esters is 1. The Bertz CT molecular complexity index is 696. The average Bonchev–Trinajstić information content (AvgIpc) is 3.01. The second-order valence-corrected chi connectivity index (χ2v) is 4.91. The van der Waals surface area contributed by atoms with Gasteiger partial charge in [-0.1, -0.05) is 12.1 Å². The maximum atomic E-state index is 11.8. The lowest BCUT2D eigenvalue weighted by Crippen LogP contribution is -2.42. The molecule has 0 aliphatic rings. The number of rotatable bonds is 6. The van der Waals surface area contributed by atoms with Crippen molar-refractivity contribution in [3.8, 4) is 17.0 Å². The van der Waals surface area contributed by atoms with E-state index in [0.717, 1.165) is 5.56 Å². The van der Waals surface area contributed by atoms with E-state index < -0.39 is 12.0 Å². The van der Waals surface area contributed by atoms with Gasteiger partial charge in [-0.15, -0.1) is 0 Å². The number of aromatic amines is 1. The number of nitrogens with zero attached hydrogens (tertiary/aromatic N) is 1. The molecular formula is C16H19N3O4. The van der Waals surface area contributed by atoms with Gasteiger partial charge in [0.05, 0.1) is 26.2 Å². The highest BCUT2D eigenvalue weighted by atomic mass is 16.5. The van der Waals surface area contributed by atoms with E-state index >= 15 is 0 Å². The van der Waals surface area contributed by atoms with Crippen molar-refractivity contribution in [3.63, 3.8) is 0 Å². The Hall–Kier alpha value is -2.83. The second-order valence-electron chi connectivity index (χ2n) is 4.91. The molecule has 1 atom stereocenters. The standard InChI is InChI=1S/C16H19N3O4/c1-10(20)19-13(16(21)23-3)8-12-15(18-9-17-12)11-6-4-5-7-14(11)22-2/h4-7,9,13H,8H2,1-3H3,(H,17,18)(H,19,20)/t13-/m0/s1. The van der Waals surface area contributed by atoms with Crippen LogP contribution in [0, 0.1) is 0 Å². The molecule has 1 aromatic carbocycles. The van der Waals surface area contributed by atoms with Gasteiger partial charge < -0.3 is 19.8 Å². The van der Waals surface area contributed by atoms with E-state index in [1.54, 1.807) is 13.4 Å². The van der Waals surface area contributed by atoms with Crippen molar-refractivity contribution in [1.29, 1.82) is 0 Å². The molecule has 0 fully saturated rings. The number of aromatic nitrogens is 2. The summed E-state index contributed by atoms with van der Waals surface area (Å²) in [6, 6.07) is 6.67. The molecule has 2 rings (SSSR count). The molecule has 7 nitrogen and oxygen atoms in total. The Morgan fingerprint density at radius 1 is 1.30 bits per heavy atom. The number of para-hydroxylation sites is 1. The first-order valence-electron chi connectivity index (χ1n) is 7.07. The van der Waals surface area contributed by atoms with E-state index in [4.69, 9.17) is 9.47 Å². The Morgan fingerprint density at radius 2 is 2.04 bits per heavy atom. The van der Waals surface area contributed by atoms with E-state index in [1.165, 1.54) is 14.0 Å². The van der Waals surface area contributed by atoms with Crippen LogP contribution in [0.4, 0.5) is 0 Å². The van der Waals surface area contributed by atoms with Gasteiger partial charge in [-0.05, 0) is 12.1 Å². The van der Waals surface area contributed by atoms with Gasteiger partial charge in [0, 0.05) is 24.6 Å². The SMILES string of the molecule is COC(=O)[C@H](Cc1[nH]cnc1-c1ccccc1OC)NC(C)=O. The topological polar surface area (TPSA) is 93.3 Å². The number of H-pyrrole nitrogens is 1. The molecule has 122 valence electrons. The highest BCUT2D eigenvalue weighted by Gasteiger charge is 2.24. The van der Waals surface area contributed by atoms with Crippen molar-refractivity contribution >= 4 is 11.9 Å². The maximum Gasteiger partial charge on any atom is 0.328 e. The van der Waals surface area contributed by atoms with Crippen molar-refractivity contribution in [2.45, 2.75) is 19.4 Å². The Labute approximate surface area is 134 Å². The number of ether oxygens (including phenoxy) is 2. The number of imidazole rings is 1. The van der Waals surface area contributed by atoms with Crippen LogP contribution >= 0.6 is 0 Å². The molecule has 0 aliphatic carbocycles. The molecule has 0 saturated carbocycles. The quantitative estimate of drug-likeness (QED) is 0.784. The molecule has 0 bridgehead atoms. The third-order valence-electron chi connectivity index (χ3n) is 3.35. The molecular weight excluding hydrogens is 298 g/mol. The molecule has 0 radical (unpaired) electrons. The smallest absolute Gasteiger partial charge is 0.328 e. The molecule has 7 heteroatoms. The molecule has 23 heavy (non-hydrogen) atoms. The van der Waals surface area contributed by atoms with Crippen LogP contribution < -0.4 is 10.1 Å². The normalized spacial score (nSPS) is 11.6. The largest absolute Gasteiger partial charge is 0.496 e. The summed E-state index contributed by atoms with van der Waals surface area (Å²) in [6.07, 6.45) is 1.78. The van der Waals surface area contributed by atoms with Crippen molar-refractivity contribution in [3.05, 3.63) is 36.3 Å². The lowest BCUT2D eigenvalue weighted by Gasteiger charge is -2.15. The van der Waals surface area contributed by atoms with Gasteiger partial charge in [0.15, 0.2) is 0 Å². The zero-order chi connectivity index (χ0) is 16.8. The van der Waals surface area contributed by atoms with Crippen LogP contribution in [-0.2, 0) is 20.7 Å². The van der Waals surface area contributed by atoms with Gasteiger partial charge in [0.25, 0.3) is 0 Å². The van der Waals surface area contributed by atoms with Crippen molar-refractivity contribution < 1.29 is 19.1 Å². The molecule has 0 aliphatic heterocycles. The van der Waals surface area contributed by atoms with Crippen LogP contribution in [0.5, 0.6) is 5.75 Å². The monoisotopic (exact) mass is 317 g/mol. The summed E-state index contributed by atoms with van der Waals surface area (Å²) in [6.45, 7) is 1.35. The number of carbonyl (C=O) groups is 2. The summed E-state index contributed by atoms with van der Waals surface area (Å²) < 4.78 is 10.1. The first-order chi connectivity index (χ1) is 11.1. The molecule has 1 heterocycles. The maximum absolute atomic E-state index is 11.8. The second kappa shape index (κ2) is 7.44. The van der Waals surface area contributed by atoms with Gasteiger partial charge in [-0.3, -0.25) is 4.79 Å². The van der Waals surface area contributed by atoms with Crippen molar-refractivity contribution in [2.75, 3.05) is 14.2 Å². The van der Waals surface area contributed by atoms with E-state index in [9.17, 15) is 9.59 Å². The number of hydrogen-bond acceptors (Lipinski definition) is 5. The highest BCUT2D eigenvalue weighted by molar-refractivity contribution is 5.83. The van der Waals surface area contributed by atoms with E-state index in [-0.39, 0.29) is 12.3 Å². The summed E-state index contributed by atoms with van der Waals surface area (Å²) in [5.41, 5.74) is 2.18. The fourth-order valence-corrected chi connectivity index (χ4v) is 2.33. The van der Waals surface area contributed by atoms with Crippen molar-refractivity contribution in [2.24, 2.45) is 0 Å². The summed E-state index contributed by atoms with van der Waals surface area (Å²) in [7, 11) is 2.87. The van der Waals surface area contributed by atoms with E-state index in [1.807, 2.05) is 24.3 Å². The summed E-state index contributed by atoms with van der Waals surface area (Å²) in [4.78, 5) is 30.5. The van der Waals surface area contributed by atoms with Crippen LogP contribution in [0.25, 0.3) is 11.3 Å². The first kappa shape index (κ1) is 16.5. The number of carbonyl (C=O) groups excluding carboxylic acids is 2. The third-order valence-corrected chi connectivity index (χ3v) is 3.35. The number of benzene rings is 1. The van der Waals surface area contributed by atoms with Gasteiger partial charge in [0.2, 0.25) is 5.91 Å². The minimum atomic E-state index is -0.786. The minimum absolute atomic E-state index is 0.236. The Kier molecular flexibility index (Phi) is 5.35. The van der Waals surface area contributed by atoms with Crippen LogP contribution in [-0.4, -0.2) is 42.1 Å². The molecule has 2 N–H and O–H groups in total. The van der Waals surface area contributed by atoms with Crippen molar-refractivity contribution in [1.82, 2.24) is 15.3 Å². The lowest BCUT2D eigenvalue weighted by molar-refractivity contribution is -0.144. The average molecular weight is 317 g/mol. The molecule has 0 unspecified atom stereocenters. The zero-order valence-corrected chi connectivity index (χ0v) is 13.3. The number of hydrogen-bond donors (Lipinski definition) is 2. The Morgan fingerprint density at radius 3 is 2.70 bits per heavy atom. The first-order valence-corrected chi connectivity index (χ1v) is 7.07. The highest BCUT2D eigenvalue weighted by Crippen LogP contribution is 2.30. The third kappa shape index (κ3) is 3.88. The minimum Gasteiger partial charge on any atom is -0.496 e. The van der Waals surface area contributed by atoms with Crippen LogP contribution in [0.2, 0.25) is 0 Å². The van der Waals surface area contributed by atoms with E-state index in [0.29, 0.717) is 17.1 Å². The lowest BCUT2D eigenvalue weighted by atomic mass is 10.0. The zero-order valence-electron chi connectivity index (χ0n) is 13.3. The van der Waals surface area contributed by atoms with Gasteiger partial charge in [0.1, 0.15) is 11.8 Å².